The fourth-order valence-electron chi connectivity index (χ4n) is 1.62. The summed E-state index contributed by atoms with van der Waals surface area (Å²) in [6, 6.07) is 0. The molecule has 2 aromatic heterocycles. The molecule has 6 heteroatoms. The molecule has 0 saturated carbocycles. The quantitative estimate of drug-likeness (QED) is 0.784. The second-order valence-corrected chi connectivity index (χ2v) is 5.42. The maximum absolute atomic E-state index is 6.26. The van der Waals surface area contributed by atoms with Crippen LogP contribution in [-0.2, 0) is 12.6 Å². The van der Waals surface area contributed by atoms with Gasteiger partial charge in [0.2, 0.25) is 0 Å². The first-order valence-electron chi connectivity index (χ1n) is 5.42. The molecule has 92 valence electrons. The van der Waals surface area contributed by atoms with Crippen LogP contribution in [0.4, 0.5) is 0 Å². The lowest BCUT2D eigenvalue weighted by atomic mass is 10.1. The molecule has 0 amide bonds. The summed E-state index contributed by atoms with van der Waals surface area (Å²) in [5, 5.41) is 9.26. The molecule has 0 aliphatic heterocycles. The Morgan fingerprint density at radius 1 is 1.29 bits per heavy atom. The second-order valence-electron chi connectivity index (χ2n) is 5.04. The number of hydrogen-bond donors (Lipinski definition) is 0. The maximum atomic E-state index is 6.26. The normalized spacial score (nSPS) is 12.1. The highest BCUT2D eigenvalue weighted by Crippen LogP contribution is 2.29. The monoisotopic (exact) mass is 253 g/mol. The van der Waals surface area contributed by atoms with Gasteiger partial charge in [-0.2, -0.15) is 10.2 Å². The van der Waals surface area contributed by atoms with Crippen LogP contribution in [0.1, 0.15) is 26.5 Å². The smallest absolute Gasteiger partial charge is 0.180 e. The fraction of sp³-hybridized carbons (Fsp3) is 0.545. The molecule has 17 heavy (non-hydrogen) atoms. The molecule has 0 fully saturated rings. The largest absolute Gasteiger partial charge is 0.271 e. The first-order chi connectivity index (χ1) is 7.82. The molecule has 2 rings (SSSR count). The van der Waals surface area contributed by atoms with Crippen molar-refractivity contribution >= 4 is 11.6 Å². The molecular weight excluding hydrogens is 238 g/mol. The standard InChI is InChI=1S/C11H16ClN5/c1-7-8(12)9(15-16(7)5)10-13-6-14-17(10)11(2,3)4/h6H,1-5H3. The van der Waals surface area contributed by atoms with Crippen LogP contribution in [0.25, 0.3) is 11.5 Å². The lowest BCUT2D eigenvalue weighted by Gasteiger charge is -2.20. The van der Waals surface area contributed by atoms with E-state index in [0.717, 1.165) is 5.69 Å². The van der Waals surface area contributed by atoms with E-state index in [9.17, 15) is 0 Å². The Balaban J connectivity index is 2.62. The van der Waals surface area contributed by atoms with E-state index in [2.05, 4.69) is 36.0 Å². The first kappa shape index (κ1) is 12.1. The summed E-state index contributed by atoms with van der Waals surface area (Å²) >= 11 is 6.26. The van der Waals surface area contributed by atoms with E-state index >= 15 is 0 Å². The topological polar surface area (TPSA) is 48.5 Å². The highest BCUT2D eigenvalue weighted by atomic mass is 35.5. The van der Waals surface area contributed by atoms with Gasteiger partial charge >= 0.3 is 0 Å². The van der Waals surface area contributed by atoms with E-state index in [1.807, 2.05) is 18.7 Å². The molecule has 0 spiro atoms. The second kappa shape index (κ2) is 3.84. The molecular formula is C11H16ClN5. The summed E-state index contributed by atoms with van der Waals surface area (Å²) in [5.74, 6) is 0.700. The van der Waals surface area contributed by atoms with E-state index in [-0.39, 0.29) is 5.54 Å². The summed E-state index contributed by atoms with van der Waals surface area (Å²) in [5.41, 5.74) is 1.45. The van der Waals surface area contributed by atoms with Gasteiger partial charge < -0.3 is 0 Å². The van der Waals surface area contributed by atoms with E-state index in [0.29, 0.717) is 16.5 Å². The van der Waals surface area contributed by atoms with E-state index < -0.39 is 0 Å². The predicted octanol–water partition coefficient (Wildman–Crippen LogP) is 2.40. The summed E-state index contributed by atoms with van der Waals surface area (Å²) in [6.45, 7) is 8.12. The predicted molar refractivity (Wildman–Crippen MR) is 67.0 cm³/mol. The minimum Gasteiger partial charge on any atom is -0.271 e. The molecule has 0 radical (unpaired) electrons. The van der Waals surface area contributed by atoms with Crippen molar-refractivity contribution in [2.75, 3.05) is 0 Å². The summed E-state index contributed by atoms with van der Waals surface area (Å²) in [7, 11) is 1.86. The van der Waals surface area contributed by atoms with Crippen molar-refractivity contribution in [3.05, 3.63) is 17.0 Å². The highest BCUT2D eigenvalue weighted by Gasteiger charge is 2.24. The van der Waals surface area contributed by atoms with Gasteiger partial charge in [0.25, 0.3) is 0 Å². The van der Waals surface area contributed by atoms with Gasteiger partial charge in [0, 0.05) is 7.05 Å². The summed E-state index contributed by atoms with van der Waals surface area (Å²) in [4.78, 5) is 4.26. The van der Waals surface area contributed by atoms with Crippen molar-refractivity contribution in [2.24, 2.45) is 7.05 Å². The Kier molecular flexibility index (Phi) is 2.73. The van der Waals surface area contributed by atoms with Crippen LogP contribution in [0, 0.1) is 6.92 Å². The molecule has 0 saturated heterocycles. The molecule has 0 aliphatic carbocycles. The Hall–Kier alpha value is -1.36. The van der Waals surface area contributed by atoms with Gasteiger partial charge in [-0.05, 0) is 27.7 Å². The van der Waals surface area contributed by atoms with Gasteiger partial charge in [-0.15, -0.1) is 0 Å². The molecule has 0 aliphatic rings. The number of nitrogens with zero attached hydrogens (tertiary/aromatic N) is 5. The minimum absolute atomic E-state index is 0.152. The molecule has 2 heterocycles. The van der Waals surface area contributed by atoms with Gasteiger partial charge in [0.1, 0.15) is 12.0 Å². The zero-order valence-electron chi connectivity index (χ0n) is 10.7. The lowest BCUT2D eigenvalue weighted by Crippen LogP contribution is -2.24. The average molecular weight is 254 g/mol. The number of aryl methyl sites for hydroxylation is 1. The highest BCUT2D eigenvalue weighted by molar-refractivity contribution is 6.33. The van der Waals surface area contributed by atoms with E-state index in [1.54, 1.807) is 4.68 Å². The van der Waals surface area contributed by atoms with Crippen molar-refractivity contribution in [1.82, 2.24) is 24.5 Å². The summed E-state index contributed by atoms with van der Waals surface area (Å²) < 4.78 is 3.58. The SMILES string of the molecule is Cc1c(Cl)c(-c2ncnn2C(C)(C)C)nn1C. The zero-order chi connectivity index (χ0) is 12.8. The third-order valence-corrected chi connectivity index (χ3v) is 3.11. The van der Waals surface area contributed by atoms with Gasteiger partial charge in [-0.3, -0.25) is 4.68 Å². The van der Waals surface area contributed by atoms with Crippen molar-refractivity contribution in [1.29, 1.82) is 0 Å². The van der Waals surface area contributed by atoms with Gasteiger partial charge in [0.15, 0.2) is 5.82 Å². The maximum Gasteiger partial charge on any atom is 0.180 e. The zero-order valence-corrected chi connectivity index (χ0v) is 11.4. The van der Waals surface area contributed by atoms with E-state index in [1.165, 1.54) is 6.33 Å². The molecule has 0 atom stereocenters. The third-order valence-electron chi connectivity index (χ3n) is 2.66. The number of rotatable bonds is 1. The Labute approximate surface area is 105 Å². The van der Waals surface area contributed by atoms with Crippen molar-refractivity contribution in [2.45, 2.75) is 33.2 Å². The Morgan fingerprint density at radius 2 is 1.94 bits per heavy atom. The number of hydrogen-bond acceptors (Lipinski definition) is 3. The van der Waals surface area contributed by atoms with Crippen LogP contribution in [0.15, 0.2) is 6.33 Å². The molecule has 5 nitrogen and oxygen atoms in total. The van der Waals surface area contributed by atoms with Crippen LogP contribution in [0.5, 0.6) is 0 Å². The number of aromatic nitrogens is 5. The molecule has 0 aromatic carbocycles. The van der Waals surface area contributed by atoms with Gasteiger partial charge in [0.05, 0.1) is 16.3 Å². The Morgan fingerprint density at radius 3 is 2.41 bits per heavy atom. The first-order valence-corrected chi connectivity index (χ1v) is 5.80. The van der Waals surface area contributed by atoms with Crippen LogP contribution < -0.4 is 0 Å². The van der Waals surface area contributed by atoms with Crippen LogP contribution >= 0.6 is 11.6 Å². The third kappa shape index (κ3) is 1.95. The summed E-state index contributed by atoms with van der Waals surface area (Å²) in [6.07, 6.45) is 1.53. The van der Waals surface area contributed by atoms with Crippen molar-refractivity contribution < 1.29 is 0 Å². The molecule has 0 N–H and O–H groups in total. The lowest BCUT2D eigenvalue weighted by molar-refractivity contribution is 0.359. The van der Waals surface area contributed by atoms with Crippen LogP contribution in [-0.4, -0.2) is 24.5 Å². The van der Waals surface area contributed by atoms with Gasteiger partial charge in [-0.25, -0.2) is 9.67 Å². The van der Waals surface area contributed by atoms with Crippen LogP contribution in [0.2, 0.25) is 5.02 Å². The molecule has 2 aromatic rings. The van der Waals surface area contributed by atoms with Gasteiger partial charge in [-0.1, -0.05) is 11.6 Å². The van der Waals surface area contributed by atoms with Crippen LogP contribution in [0.3, 0.4) is 0 Å². The van der Waals surface area contributed by atoms with Crippen molar-refractivity contribution in [3.8, 4) is 11.5 Å². The average Bonchev–Trinajstić information content (AvgIpc) is 2.78. The number of halogens is 1. The Bertz CT molecular complexity index is 547. The van der Waals surface area contributed by atoms with Crippen molar-refractivity contribution in [3.63, 3.8) is 0 Å². The molecule has 0 bridgehead atoms. The minimum atomic E-state index is -0.152. The molecule has 0 unspecified atom stereocenters. The fourth-order valence-corrected chi connectivity index (χ4v) is 1.86. The van der Waals surface area contributed by atoms with E-state index in [4.69, 9.17) is 11.6 Å².